The Morgan fingerprint density at radius 3 is 1.29 bits per heavy atom. The van der Waals surface area contributed by atoms with Gasteiger partial charge in [-0.1, -0.05) is 20.3 Å². The van der Waals surface area contributed by atoms with Crippen molar-refractivity contribution >= 4 is 37.4 Å². The molecule has 0 aliphatic carbocycles. The maximum absolute atomic E-state index is 9.63. The van der Waals surface area contributed by atoms with Crippen LogP contribution in [0.5, 0.6) is 0 Å². The number of unbranched alkanes of at least 4 members (excludes halogenated alkanes) is 3. The molecule has 0 aliphatic heterocycles. The zero-order valence-corrected chi connectivity index (χ0v) is 27.1. The molecule has 0 saturated heterocycles. The summed E-state index contributed by atoms with van der Waals surface area (Å²) in [6.07, 6.45) is 8.73. The van der Waals surface area contributed by atoms with E-state index in [1.807, 2.05) is 0 Å². The molecule has 226 valence electrons. The Morgan fingerprint density at radius 1 is 0.605 bits per heavy atom. The molecular formula is C25H56N2O8Si3. The number of aliphatic hydroxyl groups excluding tert-OH is 2. The van der Waals surface area contributed by atoms with Gasteiger partial charge in [0.25, 0.3) is 0 Å². The number of aliphatic hydroxyl groups is 2. The van der Waals surface area contributed by atoms with E-state index < -0.39 is 25.2 Å². The highest BCUT2D eigenvalue weighted by Crippen LogP contribution is 2.26. The van der Waals surface area contributed by atoms with E-state index in [2.05, 4.69) is 49.3 Å². The van der Waals surface area contributed by atoms with Gasteiger partial charge in [-0.05, 0) is 77.1 Å². The summed E-state index contributed by atoms with van der Waals surface area (Å²) < 4.78 is 23.7. The molecule has 13 heteroatoms. The minimum absolute atomic E-state index is 0. The largest absolute Gasteiger partial charge is 0.437 e. The predicted octanol–water partition coefficient (Wildman–Crippen LogP) is 4.78. The third-order valence-electron chi connectivity index (χ3n) is 5.07. The van der Waals surface area contributed by atoms with Crippen LogP contribution < -0.4 is 0 Å². The summed E-state index contributed by atoms with van der Waals surface area (Å²) in [7, 11) is -5.73. The highest BCUT2D eigenvalue weighted by molar-refractivity contribution is 6.87. The van der Waals surface area contributed by atoms with Crippen LogP contribution in [-0.2, 0) is 27.3 Å². The second-order valence-electron chi connectivity index (χ2n) is 10.4. The molecule has 0 unspecified atom stereocenters. The van der Waals surface area contributed by atoms with Crippen LogP contribution in [0.15, 0.2) is 9.98 Å². The minimum Gasteiger partial charge on any atom is -0.437 e. The lowest BCUT2D eigenvalue weighted by atomic mass is 10.2. The molecule has 10 nitrogen and oxygen atoms in total. The van der Waals surface area contributed by atoms with E-state index in [-0.39, 0.29) is 20.6 Å². The number of aliphatic imine (C=N–C) groups is 2. The standard InChI is InChI=1S/C16H40O6Si3.C8H12N2O2.CH4/c1-23(2,15-7-11-19-13-9-17)21-25(5,6)22-24(3,4)16-8-12-20-14-10-18;11-7-9-5-3-1-2-4-6-10-8-12;/h17-18H,7-16H2,1-6H3;1-6H2;1H4. The third-order valence-corrected chi connectivity index (χ3v) is 16.5. The number of hydrogen-bond acceptors (Lipinski definition) is 10. The molecular weight excluding hydrogens is 541 g/mol. The maximum Gasteiger partial charge on any atom is 0.311 e. The van der Waals surface area contributed by atoms with E-state index >= 15 is 0 Å². The first-order valence-electron chi connectivity index (χ1n) is 13.3. The van der Waals surface area contributed by atoms with Crippen molar-refractivity contribution in [1.82, 2.24) is 0 Å². The number of ether oxygens (including phenoxy) is 2. The topological polar surface area (TPSA) is 136 Å². The Kier molecular flexibility index (Phi) is 28.9. The molecule has 38 heavy (non-hydrogen) atoms. The zero-order valence-electron chi connectivity index (χ0n) is 24.1. The molecule has 0 heterocycles. The van der Waals surface area contributed by atoms with Crippen LogP contribution in [0.3, 0.4) is 0 Å². The first kappa shape index (κ1) is 41.6. The summed E-state index contributed by atoms with van der Waals surface area (Å²) in [5.41, 5.74) is 0. The molecule has 0 bridgehead atoms. The summed E-state index contributed by atoms with van der Waals surface area (Å²) in [5.74, 6) is 0. The van der Waals surface area contributed by atoms with Gasteiger partial charge in [-0.3, -0.25) is 0 Å². The smallest absolute Gasteiger partial charge is 0.311 e. The number of isocyanates is 2. The van der Waals surface area contributed by atoms with Crippen LogP contribution in [0, 0.1) is 0 Å². The third kappa shape index (κ3) is 31.4. The normalized spacial score (nSPS) is 11.5. The molecule has 0 saturated carbocycles. The molecule has 0 aromatic carbocycles. The van der Waals surface area contributed by atoms with Crippen molar-refractivity contribution in [1.29, 1.82) is 0 Å². The van der Waals surface area contributed by atoms with Gasteiger partial charge in [0.1, 0.15) is 0 Å². The van der Waals surface area contributed by atoms with Crippen LogP contribution in [0.2, 0.25) is 51.4 Å². The first-order chi connectivity index (χ1) is 17.4. The van der Waals surface area contributed by atoms with Gasteiger partial charge in [-0.2, -0.15) is 0 Å². The summed E-state index contributed by atoms with van der Waals surface area (Å²) >= 11 is 0. The fraction of sp³-hybridized carbons (Fsp3) is 0.920. The lowest BCUT2D eigenvalue weighted by Crippen LogP contribution is -2.52. The van der Waals surface area contributed by atoms with E-state index in [9.17, 15) is 9.59 Å². The van der Waals surface area contributed by atoms with E-state index in [4.69, 9.17) is 27.9 Å². The summed E-state index contributed by atoms with van der Waals surface area (Å²) in [4.78, 5) is 26.1. The van der Waals surface area contributed by atoms with Gasteiger partial charge in [0.2, 0.25) is 12.2 Å². The Hall–Kier alpha value is -0.829. The van der Waals surface area contributed by atoms with Crippen LogP contribution in [0.25, 0.3) is 0 Å². The monoisotopic (exact) mass is 596 g/mol. The molecule has 0 atom stereocenters. The highest BCUT2D eigenvalue weighted by Gasteiger charge is 2.39. The van der Waals surface area contributed by atoms with Gasteiger partial charge in [0, 0.05) is 13.2 Å². The fourth-order valence-corrected chi connectivity index (χ4v) is 17.8. The van der Waals surface area contributed by atoms with Crippen LogP contribution >= 0.6 is 0 Å². The summed E-state index contributed by atoms with van der Waals surface area (Å²) in [6.45, 7) is 16.7. The molecule has 0 rings (SSSR count). The molecule has 0 aromatic rings. The first-order valence-corrected chi connectivity index (χ1v) is 22.3. The SMILES string of the molecule is C.C[Si](C)(CCCOCCO)O[Si](C)(C)O[Si](C)(C)CCCOCCO.O=C=NCCCCCCN=C=O. The Morgan fingerprint density at radius 2 is 0.974 bits per heavy atom. The van der Waals surface area contributed by atoms with Crippen LogP contribution in [0.1, 0.15) is 46.0 Å². The van der Waals surface area contributed by atoms with Crippen molar-refractivity contribution in [2.75, 3.05) is 52.7 Å². The zero-order chi connectivity index (χ0) is 28.5. The second kappa shape index (κ2) is 26.4. The average Bonchev–Trinajstić information content (AvgIpc) is 2.79. The lowest BCUT2D eigenvalue weighted by molar-refractivity contribution is 0.0922. The van der Waals surface area contributed by atoms with Crippen LogP contribution in [0.4, 0.5) is 0 Å². The molecule has 0 aliphatic rings. The summed E-state index contributed by atoms with van der Waals surface area (Å²) in [5, 5.41) is 17.4. The Labute approximate surface area is 234 Å². The van der Waals surface area contributed by atoms with Crippen molar-refractivity contribution in [3.8, 4) is 0 Å². The van der Waals surface area contributed by atoms with Gasteiger partial charge in [-0.25, -0.2) is 19.6 Å². The van der Waals surface area contributed by atoms with Crippen molar-refractivity contribution in [2.24, 2.45) is 9.98 Å². The quantitative estimate of drug-likeness (QED) is 0.0744. The van der Waals surface area contributed by atoms with Gasteiger partial charge >= 0.3 is 8.56 Å². The van der Waals surface area contributed by atoms with Gasteiger partial charge < -0.3 is 27.9 Å². The van der Waals surface area contributed by atoms with Gasteiger partial charge in [0.05, 0.1) is 39.5 Å². The average molecular weight is 597 g/mol. The van der Waals surface area contributed by atoms with E-state index in [1.54, 1.807) is 0 Å². The van der Waals surface area contributed by atoms with E-state index in [1.165, 1.54) is 12.2 Å². The van der Waals surface area contributed by atoms with E-state index in [0.29, 0.717) is 39.5 Å². The van der Waals surface area contributed by atoms with E-state index in [0.717, 1.165) is 50.6 Å². The fourth-order valence-electron chi connectivity index (χ4n) is 3.81. The Balaban J connectivity index is -0.000000794. The lowest BCUT2D eigenvalue weighted by Gasteiger charge is -2.38. The number of hydrogen-bond donors (Lipinski definition) is 2. The predicted molar refractivity (Wildman–Crippen MR) is 160 cm³/mol. The molecule has 0 amide bonds. The number of carbonyl (C=O) groups excluding carboxylic acids is 2. The summed E-state index contributed by atoms with van der Waals surface area (Å²) in [6, 6.07) is 2.07. The van der Waals surface area contributed by atoms with Crippen molar-refractivity contribution in [3.63, 3.8) is 0 Å². The molecule has 2 N–H and O–H groups in total. The van der Waals surface area contributed by atoms with Crippen molar-refractivity contribution in [3.05, 3.63) is 0 Å². The number of nitrogens with zero attached hydrogens (tertiary/aromatic N) is 2. The van der Waals surface area contributed by atoms with Crippen LogP contribution in [-0.4, -0.2) is 100 Å². The molecule has 0 aromatic heterocycles. The molecule has 0 radical (unpaired) electrons. The molecule has 0 spiro atoms. The minimum atomic E-state index is -2.16. The maximum atomic E-state index is 9.63. The van der Waals surface area contributed by atoms with Crippen molar-refractivity contribution < 1.29 is 37.5 Å². The Bertz CT molecular complexity index is 590. The second-order valence-corrected chi connectivity index (χ2v) is 22.8. The highest BCUT2D eigenvalue weighted by atomic mass is 28.5. The number of rotatable bonds is 23. The molecule has 0 fully saturated rings. The van der Waals surface area contributed by atoms with Crippen molar-refractivity contribution in [2.45, 2.75) is 97.3 Å². The van der Waals surface area contributed by atoms with Gasteiger partial charge in [-0.15, -0.1) is 0 Å². The van der Waals surface area contributed by atoms with Gasteiger partial charge in [0.15, 0.2) is 16.6 Å².